The lowest BCUT2D eigenvalue weighted by atomic mass is 9.88. The van der Waals surface area contributed by atoms with Crippen molar-refractivity contribution in [3.63, 3.8) is 0 Å². The van der Waals surface area contributed by atoms with Gasteiger partial charge in [0.2, 0.25) is 0 Å². The van der Waals surface area contributed by atoms with Gasteiger partial charge >= 0.3 is 0 Å². The summed E-state index contributed by atoms with van der Waals surface area (Å²) in [6.07, 6.45) is 9.11. The van der Waals surface area contributed by atoms with Gasteiger partial charge in [-0.05, 0) is 31.2 Å². The van der Waals surface area contributed by atoms with Crippen molar-refractivity contribution in [1.82, 2.24) is 10.3 Å². The maximum absolute atomic E-state index is 6.21. The molecule has 1 aliphatic rings. The quantitative estimate of drug-likeness (QED) is 0.881. The summed E-state index contributed by atoms with van der Waals surface area (Å²) in [5, 5.41) is 3.43. The highest BCUT2D eigenvalue weighted by atomic mass is 16.5. The van der Waals surface area contributed by atoms with Crippen molar-refractivity contribution >= 4 is 0 Å². The molecule has 3 nitrogen and oxygen atoms in total. The van der Waals surface area contributed by atoms with Gasteiger partial charge in [-0.2, -0.15) is 0 Å². The number of ether oxygens (including phenoxy) is 1. The largest absolute Gasteiger partial charge is 0.490 e. The van der Waals surface area contributed by atoms with Gasteiger partial charge in [0.1, 0.15) is 5.75 Å². The Hall–Kier alpha value is -1.09. The second-order valence-electron chi connectivity index (χ2n) is 6.03. The molecule has 2 rings (SSSR count). The zero-order valence-corrected chi connectivity index (χ0v) is 12.4. The van der Waals surface area contributed by atoms with E-state index in [4.69, 9.17) is 4.74 Å². The molecule has 2 atom stereocenters. The van der Waals surface area contributed by atoms with Gasteiger partial charge in [-0.25, -0.2) is 0 Å². The van der Waals surface area contributed by atoms with Crippen molar-refractivity contribution in [3.8, 4) is 5.75 Å². The summed E-state index contributed by atoms with van der Waals surface area (Å²) < 4.78 is 6.21. The molecule has 0 saturated heterocycles. The molecule has 1 fully saturated rings. The third-order valence-corrected chi connectivity index (χ3v) is 3.74. The average molecular weight is 262 g/mol. The molecule has 19 heavy (non-hydrogen) atoms. The molecule has 1 aromatic rings. The van der Waals surface area contributed by atoms with E-state index in [2.05, 4.69) is 31.1 Å². The second-order valence-corrected chi connectivity index (χ2v) is 6.03. The van der Waals surface area contributed by atoms with E-state index in [1.54, 1.807) is 0 Å². The van der Waals surface area contributed by atoms with Gasteiger partial charge in [-0.3, -0.25) is 4.98 Å². The summed E-state index contributed by atoms with van der Waals surface area (Å²) >= 11 is 0. The maximum atomic E-state index is 6.21. The van der Waals surface area contributed by atoms with Gasteiger partial charge in [0.25, 0.3) is 0 Å². The Morgan fingerprint density at radius 3 is 3.00 bits per heavy atom. The van der Waals surface area contributed by atoms with Crippen molar-refractivity contribution in [3.05, 3.63) is 24.0 Å². The van der Waals surface area contributed by atoms with E-state index in [0.717, 1.165) is 23.8 Å². The number of aromatic nitrogens is 1. The van der Waals surface area contributed by atoms with Crippen LogP contribution in [0.15, 0.2) is 18.5 Å². The summed E-state index contributed by atoms with van der Waals surface area (Å²) in [5.41, 5.74) is 1.16. The Balaban J connectivity index is 1.98. The van der Waals surface area contributed by atoms with E-state index >= 15 is 0 Å². The predicted molar refractivity (Wildman–Crippen MR) is 78.3 cm³/mol. The summed E-state index contributed by atoms with van der Waals surface area (Å²) in [5.74, 6) is 1.79. The number of hydrogen-bond donors (Lipinski definition) is 1. The zero-order valence-electron chi connectivity index (χ0n) is 12.4. The van der Waals surface area contributed by atoms with Crippen LogP contribution >= 0.6 is 0 Å². The molecule has 1 aliphatic carbocycles. The third-order valence-electron chi connectivity index (χ3n) is 3.74. The molecule has 0 amide bonds. The van der Waals surface area contributed by atoms with Gasteiger partial charge in [0, 0.05) is 30.5 Å². The second kappa shape index (κ2) is 6.90. The molecule has 0 aliphatic heterocycles. The van der Waals surface area contributed by atoms with Crippen LogP contribution < -0.4 is 10.1 Å². The molecule has 2 unspecified atom stereocenters. The summed E-state index contributed by atoms with van der Waals surface area (Å²) in [7, 11) is 0. The molecule has 0 radical (unpaired) electrons. The molecule has 3 heteroatoms. The van der Waals surface area contributed by atoms with Gasteiger partial charge in [-0.1, -0.05) is 27.2 Å². The topological polar surface area (TPSA) is 34.1 Å². The lowest BCUT2D eigenvalue weighted by Gasteiger charge is -2.28. The standard InChI is InChI=1S/C16H26N2O/c1-12(2)18-11-14-10-17-8-7-16(14)19-15-6-4-5-13(3)9-15/h7-8,10,12-13,15,18H,4-6,9,11H2,1-3H3. The lowest BCUT2D eigenvalue weighted by molar-refractivity contribution is 0.127. The summed E-state index contributed by atoms with van der Waals surface area (Å²) in [6.45, 7) is 7.45. The van der Waals surface area contributed by atoms with Crippen molar-refractivity contribution in [1.29, 1.82) is 0 Å². The minimum atomic E-state index is 0.379. The first-order valence-corrected chi connectivity index (χ1v) is 7.48. The number of hydrogen-bond acceptors (Lipinski definition) is 3. The first kappa shape index (κ1) is 14.3. The highest BCUT2D eigenvalue weighted by molar-refractivity contribution is 5.30. The fourth-order valence-electron chi connectivity index (χ4n) is 2.64. The Morgan fingerprint density at radius 2 is 2.26 bits per heavy atom. The molecular weight excluding hydrogens is 236 g/mol. The fourth-order valence-corrected chi connectivity index (χ4v) is 2.64. The van der Waals surface area contributed by atoms with Crippen LogP contribution in [0.5, 0.6) is 5.75 Å². The molecule has 0 aromatic carbocycles. The molecule has 1 N–H and O–H groups in total. The number of nitrogens with zero attached hydrogens (tertiary/aromatic N) is 1. The van der Waals surface area contributed by atoms with Crippen molar-refractivity contribution < 1.29 is 4.74 Å². The van der Waals surface area contributed by atoms with Crippen LogP contribution in [0, 0.1) is 5.92 Å². The fraction of sp³-hybridized carbons (Fsp3) is 0.688. The van der Waals surface area contributed by atoms with Crippen LogP contribution in [0.4, 0.5) is 0 Å². The Morgan fingerprint density at radius 1 is 1.42 bits per heavy atom. The SMILES string of the molecule is CC1CCCC(Oc2ccncc2CNC(C)C)C1. The predicted octanol–water partition coefficient (Wildman–Crippen LogP) is 3.54. The van der Waals surface area contributed by atoms with Crippen LogP contribution in [0.1, 0.15) is 52.0 Å². The molecular formula is C16H26N2O. The Bertz CT molecular complexity index is 392. The van der Waals surface area contributed by atoms with E-state index in [1.807, 2.05) is 18.5 Å². The van der Waals surface area contributed by atoms with Gasteiger partial charge < -0.3 is 10.1 Å². The minimum Gasteiger partial charge on any atom is -0.490 e. The van der Waals surface area contributed by atoms with E-state index in [1.165, 1.54) is 25.7 Å². The van der Waals surface area contributed by atoms with Crippen LogP contribution in [0.3, 0.4) is 0 Å². The van der Waals surface area contributed by atoms with Crippen molar-refractivity contribution in [2.75, 3.05) is 0 Å². The van der Waals surface area contributed by atoms with Crippen LogP contribution in [-0.2, 0) is 6.54 Å². The van der Waals surface area contributed by atoms with E-state index in [-0.39, 0.29) is 0 Å². The smallest absolute Gasteiger partial charge is 0.127 e. The average Bonchev–Trinajstić information content (AvgIpc) is 2.38. The maximum Gasteiger partial charge on any atom is 0.127 e. The molecule has 1 aromatic heterocycles. The van der Waals surface area contributed by atoms with E-state index < -0.39 is 0 Å². The number of rotatable bonds is 5. The minimum absolute atomic E-state index is 0.379. The molecule has 0 bridgehead atoms. The first-order valence-electron chi connectivity index (χ1n) is 7.48. The molecule has 0 spiro atoms. The van der Waals surface area contributed by atoms with E-state index in [0.29, 0.717) is 12.1 Å². The summed E-state index contributed by atoms with van der Waals surface area (Å²) in [6, 6.07) is 2.47. The Labute approximate surface area is 116 Å². The normalized spacial score (nSPS) is 23.6. The van der Waals surface area contributed by atoms with Crippen LogP contribution in [0.2, 0.25) is 0 Å². The van der Waals surface area contributed by atoms with Gasteiger partial charge in [0.05, 0.1) is 6.10 Å². The first-order chi connectivity index (χ1) is 9.15. The van der Waals surface area contributed by atoms with E-state index in [9.17, 15) is 0 Å². The number of nitrogens with one attached hydrogen (secondary N) is 1. The van der Waals surface area contributed by atoms with Crippen LogP contribution in [0.25, 0.3) is 0 Å². The van der Waals surface area contributed by atoms with Gasteiger partial charge in [-0.15, -0.1) is 0 Å². The van der Waals surface area contributed by atoms with Gasteiger partial charge in [0.15, 0.2) is 0 Å². The lowest BCUT2D eigenvalue weighted by Crippen LogP contribution is -2.26. The summed E-state index contributed by atoms with van der Waals surface area (Å²) in [4.78, 5) is 4.21. The monoisotopic (exact) mass is 262 g/mol. The highest BCUT2D eigenvalue weighted by Gasteiger charge is 2.21. The number of pyridine rings is 1. The third kappa shape index (κ3) is 4.50. The molecule has 1 heterocycles. The Kier molecular flexibility index (Phi) is 5.20. The van der Waals surface area contributed by atoms with Crippen molar-refractivity contribution in [2.45, 2.75) is 65.1 Å². The highest BCUT2D eigenvalue weighted by Crippen LogP contribution is 2.28. The zero-order chi connectivity index (χ0) is 13.7. The van der Waals surface area contributed by atoms with Crippen molar-refractivity contribution in [2.24, 2.45) is 5.92 Å². The molecule has 1 saturated carbocycles. The molecule has 106 valence electrons. The van der Waals surface area contributed by atoms with Crippen LogP contribution in [-0.4, -0.2) is 17.1 Å².